The summed E-state index contributed by atoms with van der Waals surface area (Å²) in [6, 6.07) is 3.74. The number of hydrogen-bond donors (Lipinski definition) is 1. The minimum Gasteiger partial charge on any atom is -0.462 e. The zero-order chi connectivity index (χ0) is 13.8. The van der Waals surface area contributed by atoms with Gasteiger partial charge < -0.3 is 14.5 Å². The Labute approximate surface area is 123 Å². The molecule has 3 aromatic rings. The molecule has 0 aromatic carbocycles. The van der Waals surface area contributed by atoms with Crippen molar-refractivity contribution in [3.63, 3.8) is 0 Å². The van der Waals surface area contributed by atoms with Gasteiger partial charge in [0.1, 0.15) is 5.69 Å². The molecule has 0 spiro atoms. The first-order valence-electron chi connectivity index (χ1n) is 5.93. The van der Waals surface area contributed by atoms with Crippen LogP contribution in [0.15, 0.2) is 28.2 Å². The predicted octanol–water partition coefficient (Wildman–Crippen LogP) is 2.98. The van der Waals surface area contributed by atoms with Gasteiger partial charge in [0.05, 0.1) is 12.9 Å². The van der Waals surface area contributed by atoms with Gasteiger partial charge in [0.25, 0.3) is 0 Å². The molecule has 3 rings (SSSR count). The molecular formula is C12H12N4O2S2. The molecule has 1 N–H and O–H groups in total. The third-order valence-corrected chi connectivity index (χ3v) is 4.22. The number of thiazole rings is 1. The average Bonchev–Trinajstić information content (AvgIpc) is 3.19. The lowest BCUT2D eigenvalue weighted by molar-refractivity contribution is 0.211. The fourth-order valence-corrected chi connectivity index (χ4v) is 3.12. The molecule has 0 aliphatic rings. The topological polar surface area (TPSA) is 73.1 Å². The summed E-state index contributed by atoms with van der Waals surface area (Å²) in [5.41, 5.74) is 0.818. The fourth-order valence-electron chi connectivity index (χ4n) is 1.54. The number of hydrogen-bond acceptors (Lipinski definition) is 8. The molecule has 0 saturated heterocycles. The van der Waals surface area contributed by atoms with E-state index in [0.717, 1.165) is 26.6 Å². The number of nitrogens with one attached hydrogen (secondary N) is 1. The normalized spacial score (nSPS) is 10.8. The zero-order valence-electron chi connectivity index (χ0n) is 10.7. The van der Waals surface area contributed by atoms with E-state index in [9.17, 15) is 0 Å². The Morgan fingerprint density at radius 1 is 1.35 bits per heavy atom. The van der Waals surface area contributed by atoms with E-state index in [4.69, 9.17) is 9.15 Å². The summed E-state index contributed by atoms with van der Waals surface area (Å²) in [7, 11) is 1.67. The van der Waals surface area contributed by atoms with Gasteiger partial charge in [-0.15, -0.1) is 21.5 Å². The molecule has 0 radical (unpaired) electrons. The highest BCUT2D eigenvalue weighted by Crippen LogP contribution is 2.31. The second-order valence-electron chi connectivity index (χ2n) is 3.85. The van der Waals surface area contributed by atoms with Crippen LogP contribution in [-0.4, -0.2) is 35.4 Å². The molecule has 6 nitrogen and oxygen atoms in total. The van der Waals surface area contributed by atoms with E-state index >= 15 is 0 Å². The summed E-state index contributed by atoms with van der Waals surface area (Å²) in [5, 5.41) is 15.7. The van der Waals surface area contributed by atoms with Crippen molar-refractivity contribution in [2.45, 2.75) is 0 Å². The second kappa shape index (κ2) is 6.12. The molecule has 0 amide bonds. The van der Waals surface area contributed by atoms with E-state index in [-0.39, 0.29) is 0 Å². The number of anilines is 1. The quantitative estimate of drug-likeness (QED) is 0.706. The highest BCUT2D eigenvalue weighted by Gasteiger charge is 2.12. The van der Waals surface area contributed by atoms with Crippen LogP contribution in [0.4, 0.5) is 5.13 Å². The van der Waals surface area contributed by atoms with Crippen molar-refractivity contribution in [1.29, 1.82) is 0 Å². The molecule has 0 aliphatic heterocycles. The molecule has 0 aliphatic carbocycles. The van der Waals surface area contributed by atoms with E-state index in [2.05, 4.69) is 20.5 Å². The van der Waals surface area contributed by atoms with Crippen LogP contribution in [0.2, 0.25) is 0 Å². The maximum absolute atomic E-state index is 5.33. The molecule has 0 unspecified atom stereocenters. The molecular weight excluding hydrogens is 296 g/mol. The lowest BCUT2D eigenvalue weighted by Gasteiger charge is -1.98. The van der Waals surface area contributed by atoms with Crippen LogP contribution in [0.3, 0.4) is 0 Å². The SMILES string of the molecule is COCCNc1nnc(-c2csc(-c3ccco3)n2)s1. The summed E-state index contributed by atoms with van der Waals surface area (Å²) in [5.74, 6) is 0.768. The number of rotatable bonds is 6. The van der Waals surface area contributed by atoms with Crippen LogP contribution in [-0.2, 0) is 4.74 Å². The largest absolute Gasteiger partial charge is 0.462 e. The molecule has 0 saturated carbocycles. The van der Waals surface area contributed by atoms with E-state index in [1.807, 2.05) is 17.5 Å². The number of nitrogens with zero attached hydrogens (tertiary/aromatic N) is 3. The zero-order valence-corrected chi connectivity index (χ0v) is 12.3. The van der Waals surface area contributed by atoms with Crippen molar-refractivity contribution in [3.8, 4) is 21.5 Å². The smallest absolute Gasteiger partial charge is 0.206 e. The van der Waals surface area contributed by atoms with Crippen molar-refractivity contribution in [2.75, 3.05) is 25.6 Å². The van der Waals surface area contributed by atoms with Gasteiger partial charge in [-0.25, -0.2) is 4.98 Å². The summed E-state index contributed by atoms with van der Waals surface area (Å²) < 4.78 is 10.3. The first-order chi connectivity index (χ1) is 9.86. The Morgan fingerprint density at radius 2 is 2.30 bits per heavy atom. The monoisotopic (exact) mass is 308 g/mol. The van der Waals surface area contributed by atoms with Gasteiger partial charge in [0.2, 0.25) is 5.13 Å². The number of methoxy groups -OCH3 is 1. The number of ether oxygens (including phenoxy) is 1. The Morgan fingerprint density at radius 3 is 3.10 bits per heavy atom. The minimum atomic E-state index is 0.633. The van der Waals surface area contributed by atoms with Crippen LogP contribution >= 0.6 is 22.7 Å². The van der Waals surface area contributed by atoms with Crippen molar-refractivity contribution >= 4 is 27.8 Å². The van der Waals surface area contributed by atoms with Gasteiger partial charge in [-0.2, -0.15) is 0 Å². The van der Waals surface area contributed by atoms with Crippen LogP contribution in [0.1, 0.15) is 0 Å². The van der Waals surface area contributed by atoms with Crippen molar-refractivity contribution < 1.29 is 9.15 Å². The van der Waals surface area contributed by atoms with Crippen molar-refractivity contribution in [3.05, 3.63) is 23.8 Å². The molecule has 3 aromatic heterocycles. The average molecular weight is 308 g/mol. The molecule has 3 heterocycles. The third kappa shape index (κ3) is 2.87. The molecule has 0 atom stereocenters. The van der Waals surface area contributed by atoms with E-state index in [0.29, 0.717) is 13.2 Å². The van der Waals surface area contributed by atoms with Crippen LogP contribution in [0, 0.1) is 0 Å². The van der Waals surface area contributed by atoms with Gasteiger partial charge >= 0.3 is 0 Å². The highest BCUT2D eigenvalue weighted by atomic mass is 32.1. The predicted molar refractivity (Wildman–Crippen MR) is 79.1 cm³/mol. The van der Waals surface area contributed by atoms with Crippen LogP contribution in [0.5, 0.6) is 0 Å². The first kappa shape index (κ1) is 13.2. The maximum atomic E-state index is 5.33. The molecule has 8 heteroatoms. The van der Waals surface area contributed by atoms with Crippen molar-refractivity contribution in [2.24, 2.45) is 0 Å². The summed E-state index contributed by atoms with van der Waals surface area (Å²) in [4.78, 5) is 4.51. The van der Waals surface area contributed by atoms with Gasteiger partial charge in [0.15, 0.2) is 15.8 Å². The summed E-state index contributed by atoms with van der Waals surface area (Å²) >= 11 is 3.00. The molecule has 0 bridgehead atoms. The molecule has 20 heavy (non-hydrogen) atoms. The Kier molecular flexibility index (Phi) is 4.05. The van der Waals surface area contributed by atoms with Crippen molar-refractivity contribution in [1.82, 2.24) is 15.2 Å². The number of furan rings is 1. The summed E-state index contributed by atoms with van der Waals surface area (Å²) in [6.45, 7) is 1.34. The van der Waals surface area contributed by atoms with Crippen LogP contribution < -0.4 is 5.32 Å². The lowest BCUT2D eigenvalue weighted by Crippen LogP contribution is -2.06. The first-order valence-corrected chi connectivity index (χ1v) is 7.62. The summed E-state index contributed by atoms with van der Waals surface area (Å²) in [6.07, 6.45) is 1.64. The van der Waals surface area contributed by atoms with E-state index in [1.54, 1.807) is 13.4 Å². The Balaban J connectivity index is 1.73. The molecule has 0 fully saturated rings. The van der Waals surface area contributed by atoms with Gasteiger partial charge in [-0.1, -0.05) is 11.3 Å². The standard InChI is InChI=1S/C12H12N4O2S2/c1-17-6-4-13-12-16-15-10(20-12)8-7-19-11(14-8)9-3-2-5-18-9/h2-3,5,7H,4,6H2,1H3,(H,13,16). The number of aromatic nitrogens is 3. The van der Waals surface area contributed by atoms with E-state index in [1.165, 1.54) is 22.7 Å². The highest BCUT2D eigenvalue weighted by molar-refractivity contribution is 7.19. The van der Waals surface area contributed by atoms with Gasteiger partial charge in [0, 0.05) is 19.0 Å². The Hall–Kier alpha value is -1.77. The van der Waals surface area contributed by atoms with E-state index < -0.39 is 0 Å². The second-order valence-corrected chi connectivity index (χ2v) is 5.68. The lowest BCUT2D eigenvalue weighted by atomic mass is 10.4. The van der Waals surface area contributed by atoms with Gasteiger partial charge in [-0.05, 0) is 12.1 Å². The van der Waals surface area contributed by atoms with Crippen LogP contribution in [0.25, 0.3) is 21.5 Å². The fraction of sp³-hybridized carbons (Fsp3) is 0.250. The maximum Gasteiger partial charge on any atom is 0.206 e. The Bertz CT molecular complexity index is 663. The minimum absolute atomic E-state index is 0.633. The molecule has 104 valence electrons. The van der Waals surface area contributed by atoms with Gasteiger partial charge in [-0.3, -0.25) is 0 Å². The third-order valence-electron chi connectivity index (χ3n) is 2.46.